The average molecular weight is 231 g/mol. The lowest BCUT2D eigenvalue weighted by molar-refractivity contribution is 0.131. The van der Waals surface area contributed by atoms with E-state index in [9.17, 15) is 5.11 Å². The molecule has 1 aromatic heterocycles. The quantitative estimate of drug-likeness (QED) is 0.825. The molecule has 1 aromatic carbocycles. The van der Waals surface area contributed by atoms with E-state index in [1.54, 1.807) is 12.1 Å². The van der Waals surface area contributed by atoms with Gasteiger partial charge in [-0.05, 0) is 24.3 Å². The molecule has 1 aliphatic heterocycles. The van der Waals surface area contributed by atoms with E-state index < -0.39 is 0 Å². The number of aromatic nitrogens is 2. The smallest absolute Gasteiger partial charge is 0.135 e. The Balaban J connectivity index is 2.11. The molecule has 2 N–H and O–H groups in total. The minimum atomic E-state index is 0.253. The molecule has 0 radical (unpaired) electrons. The number of nitrogens with one attached hydrogen (secondary N) is 1. The number of aromatic hydroxyl groups is 1. The van der Waals surface area contributed by atoms with Crippen LogP contribution in [0, 0.1) is 0 Å². The molecule has 0 atom stereocenters. The fraction of sp³-hybridized carbons (Fsp3) is 0.250. The minimum Gasteiger partial charge on any atom is -0.508 e. The van der Waals surface area contributed by atoms with E-state index >= 15 is 0 Å². The van der Waals surface area contributed by atoms with Crippen LogP contribution in [0.1, 0.15) is 11.3 Å². The first kappa shape index (κ1) is 10.2. The second-order valence-corrected chi connectivity index (χ2v) is 3.94. The SMILES string of the molecule is CNc1c2c(nn1-c1ccc(O)cc1)COC2. The Morgan fingerprint density at radius 2 is 2.06 bits per heavy atom. The maximum absolute atomic E-state index is 9.28. The summed E-state index contributed by atoms with van der Waals surface area (Å²) < 4.78 is 7.19. The van der Waals surface area contributed by atoms with Gasteiger partial charge in [0.1, 0.15) is 11.6 Å². The highest BCUT2D eigenvalue weighted by Crippen LogP contribution is 2.29. The van der Waals surface area contributed by atoms with Crippen molar-refractivity contribution >= 4 is 5.82 Å². The molecule has 3 rings (SSSR count). The van der Waals surface area contributed by atoms with E-state index in [-0.39, 0.29) is 5.75 Å². The van der Waals surface area contributed by atoms with Crippen molar-refractivity contribution in [1.29, 1.82) is 0 Å². The Morgan fingerprint density at radius 1 is 1.29 bits per heavy atom. The number of rotatable bonds is 2. The summed E-state index contributed by atoms with van der Waals surface area (Å²) in [5.41, 5.74) is 3.00. The van der Waals surface area contributed by atoms with Crippen molar-refractivity contribution in [3.63, 3.8) is 0 Å². The molecule has 0 unspecified atom stereocenters. The van der Waals surface area contributed by atoms with Gasteiger partial charge in [0.05, 0.1) is 24.6 Å². The van der Waals surface area contributed by atoms with Gasteiger partial charge in [0.2, 0.25) is 0 Å². The third-order valence-corrected chi connectivity index (χ3v) is 2.88. The van der Waals surface area contributed by atoms with Crippen LogP contribution in [0.25, 0.3) is 5.69 Å². The summed E-state index contributed by atoms with van der Waals surface area (Å²) in [7, 11) is 1.87. The van der Waals surface area contributed by atoms with E-state index in [1.807, 2.05) is 23.9 Å². The Morgan fingerprint density at radius 3 is 2.76 bits per heavy atom. The Hall–Kier alpha value is -2.01. The van der Waals surface area contributed by atoms with Gasteiger partial charge < -0.3 is 15.2 Å². The molecule has 2 heterocycles. The van der Waals surface area contributed by atoms with Crippen LogP contribution in [0.4, 0.5) is 5.82 Å². The third kappa shape index (κ3) is 1.55. The van der Waals surface area contributed by atoms with Crippen molar-refractivity contribution in [2.45, 2.75) is 13.2 Å². The molecular weight excluding hydrogens is 218 g/mol. The van der Waals surface area contributed by atoms with Gasteiger partial charge in [0.15, 0.2) is 0 Å². The number of benzene rings is 1. The zero-order valence-corrected chi connectivity index (χ0v) is 9.47. The lowest BCUT2D eigenvalue weighted by Crippen LogP contribution is -2.04. The normalized spacial score (nSPS) is 13.7. The van der Waals surface area contributed by atoms with E-state index in [0.717, 1.165) is 22.8 Å². The van der Waals surface area contributed by atoms with Crippen molar-refractivity contribution in [3.05, 3.63) is 35.5 Å². The molecular formula is C12H13N3O2. The molecule has 5 nitrogen and oxygen atoms in total. The highest BCUT2D eigenvalue weighted by atomic mass is 16.5. The molecule has 0 bridgehead atoms. The van der Waals surface area contributed by atoms with Gasteiger partial charge in [-0.15, -0.1) is 0 Å². The van der Waals surface area contributed by atoms with Gasteiger partial charge in [-0.2, -0.15) is 5.10 Å². The van der Waals surface area contributed by atoms with Crippen LogP contribution in [-0.2, 0) is 18.0 Å². The zero-order valence-electron chi connectivity index (χ0n) is 9.47. The first-order valence-corrected chi connectivity index (χ1v) is 5.45. The number of ether oxygens (including phenoxy) is 1. The molecule has 0 fully saturated rings. The second kappa shape index (κ2) is 3.78. The molecule has 5 heteroatoms. The standard InChI is InChI=1S/C12H13N3O2/c1-13-12-10-6-17-7-11(10)14-15(12)8-2-4-9(16)5-3-8/h2-5,13,16H,6-7H2,1H3. The number of hydrogen-bond acceptors (Lipinski definition) is 4. The van der Waals surface area contributed by atoms with Crippen LogP contribution in [0.3, 0.4) is 0 Å². The molecule has 0 spiro atoms. The summed E-state index contributed by atoms with van der Waals surface area (Å²) in [6.45, 7) is 1.17. The minimum absolute atomic E-state index is 0.253. The predicted octanol–water partition coefficient (Wildman–Crippen LogP) is 1.65. The lowest BCUT2D eigenvalue weighted by atomic mass is 10.2. The lowest BCUT2D eigenvalue weighted by Gasteiger charge is -2.08. The average Bonchev–Trinajstić information content (AvgIpc) is 2.89. The van der Waals surface area contributed by atoms with Crippen molar-refractivity contribution in [2.24, 2.45) is 0 Å². The number of hydrogen-bond donors (Lipinski definition) is 2. The van der Waals surface area contributed by atoms with Crippen LogP contribution in [0.5, 0.6) is 5.75 Å². The molecule has 1 aliphatic rings. The first-order chi connectivity index (χ1) is 8.29. The molecule has 0 saturated heterocycles. The van der Waals surface area contributed by atoms with E-state index in [2.05, 4.69) is 10.4 Å². The van der Waals surface area contributed by atoms with Gasteiger partial charge in [-0.25, -0.2) is 4.68 Å². The highest BCUT2D eigenvalue weighted by molar-refractivity contribution is 5.54. The van der Waals surface area contributed by atoms with Crippen molar-refractivity contribution in [1.82, 2.24) is 9.78 Å². The number of nitrogens with zero attached hydrogens (tertiary/aromatic N) is 2. The molecule has 2 aromatic rings. The van der Waals surface area contributed by atoms with Crippen LogP contribution in [0.15, 0.2) is 24.3 Å². The predicted molar refractivity (Wildman–Crippen MR) is 63.3 cm³/mol. The van der Waals surface area contributed by atoms with Crippen molar-refractivity contribution < 1.29 is 9.84 Å². The largest absolute Gasteiger partial charge is 0.508 e. The van der Waals surface area contributed by atoms with E-state index in [1.165, 1.54) is 0 Å². The Kier molecular flexibility index (Phi) is 2.26. The summed E-state index contributed by atoms with van der Waals surface area (Å²) in [4.78, 5) is 0. The molecule has 0 saturated carbocycles. The zero-order chi connectivity index (χ0) is 11.8. The number of anilines is 1. The van der Waals surface area contributed by atoms with Gasteiger partial charge in [0.25, 0.3) is 0 Å². The molecule has 0 aliphatic carbocycles. The van der Waals surface area contributed by atoms with Crippen LogP contribution < -0.4 is 5.32 Å². The fourth-order valence-corrected chi connectivity index (χ4v) is 2.05. The summed E-state index contributed by atoms with van der Waals surface area (Å²) in [6, 6.07) is 6.97. The first-order valence-electron chi connectivity index (χ1n) is 5.45. The Labute approximate surface area is 98.6 Å². The van der Waals surface area contributed by atoms with Crippen LogP contribution in [-0.4, -0.2) is 21.9 Å². The monoisotopic (exact) mass is 231 g/mol. The maximum Gasteiger partial charge on any atom is 0.135 e. The number of phenolic OH excluding ortho intramolecular Hbond substituents is 1. The molecule has 0 amide bonds. The van der Waals surface area contributed by atoms with Crippen molar-refractivity contribution in [3.8, 4) is 11.4 Å². The van der Waals surface area contributed by atoms with Crippen LogP contribution in [0.2, 0.25) is 0 Å². The number of phenols is 1. The van der Waals surface area contributed by atoms with Gasteiger partial charge in [0, 0.05) is 12.6 Å². The van der Waals surface area contributed by atoms with Gasteiger partial charge >= 0.3 is 0 Å². The summed E-state index contributed by atoms with van der Waals surface area (Å²) >= 11 is 0. The maximum atomic E-state index is 9.28. The second-order valence-electron chi connectivity index (χ2n) is 3.94. The Bertz CT molecular complexity index is 546. The topological polar surface area (TPSA) is 59.3 Å². The highest BCUT2D eigenvalue weighted by Gasteiger charge is 2.22. The summed E-state index contributed by atoms with van der Waals surface area (Å²) in [6.07, 6.45) is 0. The number of fused-ring (bicyclic) bond motifs is 1. The van der Waals surface area contributed by atoms with Crippen LogP contribution >= 0.6 is 0 Å². The van der Waals surface area contributed by atoms with E-state index in [4.69, 9.17) is 4.74 Å². The summed E-state index contributed by atoms with van der Waals surface area (Å²) in [5, 5.41) is 16.9. The van der Waals surface area contributed by atoms with Gasteiger partial charge in [-0.3, -0.25) is 0 Å². The summed E-state index contributed by atoms with van der Waals surface area (Å²) in [5.74, 6) is 1.20. The molecule has 88 valence electrons. The third-order valence-electron chi connectivity index (χ3n) is 2.88. The van der Waals surface area contributed by atoms with E-state index in [0.29, 0.717) is 13.2 Å². The molecule has 17 heavy (non-hydrogen) atoms. The fourth-order valence-electron chi connectivity index (χ4n) is 2.05. The van der Waals surface area contributed by atoms with Gasteiger partial charge in [-0.1, -0.05) is 0 Å². The van der Waals surface area contributed by atoms with Crippen molar-refractivity contribution in [2.75, 3.05) is 12.4 Å².